The fraction of sp³-hybridized carbons (Fsp3) is 0. The highest BCUT2D eigenvalue weighted by Crippen LogP contribution is 2.28. The van der Waals surface area contributed by atoms with Crippen LogP contribution in [-0.2, 0) is 0 Å². The second kappa shape index (κ2) is 5.03. The summed E-state index contributed by atoms with van der Waals surface area (Å²) < 4.78 is 1.78. The Morgan fingerprint density at radius 3 is 2.67 bits per heavy atom. The summed E-state index contributed by atoms with van der Waals surface area (Å²) in [6.07, 6.45) is 5.55. The first-order chi connectivity index (χ1) is 11.9. The Morgan fingerprint density at radius 1 is 0.875 bits per heavy atom. The molecular formula is C19H13N5. The maximum Gasteiger partial charge on any atom is 0.153 e. The van der Waals surface area contributed by atoms with Gasteiger partial charge in [-0.2, -0.15) is 5.10 Å². The van der Waals surface area contributed by atoms with Crippen molar-refractivity contribution in [2.45, 2.75) is 0 Å². The van der Waals surface area contributed by atoms with E-state index in [1.54, 1.807) is 10.7 Å². The molecule has 1 N–H and O–H groups in total. The number of fused-ring (bicyclic) bond motifs is 2. The molecule has 1 aromatic carbocycles. The summed E-state index contributed by atoms with van der Waals surface area (Å²) in [6, 6.07) is 18.3. The minimum atomic E-state index is 0.836. The van der Waals surface area contributed by atoms with Gasteiger partial charge in [-0.1, -0.05) is 30.3 Å². The molecule has 0 amide bonds. The molecule has 24 heavy (non-hydrogen) atoms. The molecule has 5 nitrogen and oxygen atoms in total. The summed E-state index contributed by atoms with van der Waals surface area (Å²) in [5, 5.41) is 5.67. The monoisotopic (exact) mass is 311 g/mol. The van der Waals surface area contributed by atoms with Gasteiger partial charge in [-0.25, -0.2) is 14.5 Å². The molecule has 0 aliphatic carbocycles. The van der Waals surface area contributed by atoms with Crippen LogP contribution in [0, 0.1) is 0 Å². The van der Waals surface area contributed by atoms with Gasteiger partial charge in [-0.3, -0.25) is 0 Å². The van der Waals surface area contributed by atoms with Crippen LogP contribution in [0.5, 0.6) is 0 Å². The molecule has 0 saturated heterocycles. The molecule has 5 rings (SSSR count). The number of pyridine rings is 1. The lowest BCUT2D eigenvalue weighted by atomic mass is 10.1. The third-order valence-electron chi connectivity index (χ3n) is 4.14. The largest absolute Gasteiger partial charge is 0.345 e. The first-order valence-corrected chi connectivity index (χ1v) is 7.73. The van der Waals surface area contributed by atoms with Crippen molar-refractivity contribution in [3.8, 4) is 22.5 Å². The van der Waals surface area contributed by atoms with E-state index in [1.807, 2.05) is 48.8 Å². The number of nitrogens with one attached hydrogen (secondary N) is 1. The Labute approximate surface area is 137 Å². The normalized spacial score (nSPS) is 11.3. The number of hydrogen-bond donors (Lipinski definition) is 1. The van der Waals surface area contributed by atoms with Crippen LogP contribution in [0.3, 0.4) is 0 Å². The van der Waals surface area contributed by atoms with Crippen molar-refractivity contribution in [2.75, 3.05) is 0 Å². The van der Waals surface area contributed by atoms with Gasteiger partial charge in [-0.15, -0.1) is 0 Å². The van der Waals surface area contributed by atoms with Crippen molar-refractivity contribution < 1.29 is 0 Å². The zero-order valence-electron chi connectivity index (χ0n) is 12.7. The Hall–Kier alpha value is -3.47. The Morgan fingerprint density at radius 2 is 1.75 bits per heavy atom. The van der Waals surface area contributed by atoms with E-state index >= 15 is 0 Å². The molecule has 0 aliphatic rings. The molecule has 0 unspecified atom stereocenters. The minimum Gasteiger partial charge on any atom is -0.345 e. The van der Waals surface area contributed by atoms with Gasteiger partial charge in [0.2, 0.25) is 0 Å². The van der Waals surface area contributed by atoms with Gasteiger partial charge in [0.05, 0.1) is 11.4 Å². The second-order valence-corrected chi connectivity index (χ2v) is 5.61. The summed E-state index contributed by atoms with van der Waals surface area (Å²) in [4.78, 5) is 12.2. The zero-order chi connectivity index (χ0) is 15.9. The van der Waals surface area contributed by atoms with Crippen molar-refractivity contribution in [1.82, 2.24) is 24.6 Å². The summed E-state index contributed by atoms with van der Waals surface area (Å²) >= 11 is 0. The Kier molecular flexibility index (Phi) is 2.72. The third-order valence-corrected chi connectivity index (χ3v) is 4.14. The van der Waals surface area contributed by atoms with E-state index in [0.29, 0.717) is 0 Å². The number of nitrogens with zero attached hydrogens (tertiary/aromatic N) is 4. The maximum atomic E-state index is 4.74. The average Bonchev–Trinajstić information content (AvgIpc) is 3.27. The Balaban J connectivity index is 1.65. The zero-order valence-corrected chi connectivity index (χ0v) is 12.7. The van der Waals surface area contributed by atoms with Crippen molar-refractivity contribution in [3.63, 3.8) is 0 Å². The highest BCUT2D eigenvalue weighted by molar-refractivity contribution is 5.93. The van der Waals surface area contributed by atoms with Crippen molar-refractivity contribution in [3.05, 3.63) is 73.2 Å². The molecule has 0 aliphatic heterocycles. The van der Waals surface area contributed by atoms with Gasteiger partial charge < -0.3 is 4.98 Å². The van der Waals surface area contributed by atoms with E-state index < -0.39 is 0 Å². The number of H-pyrrole nitrogens is 1. The molecule has 0 fully saturated rings. The topological polar surface area (TPSA) is 58.9 Å². The predicted octanol–water partition coefficient (Wildman–Crippen LogP) is 3.94. The first kappa shape index (κ1) is 13.0. The fourth-order valence-electron chi connectivity index (χ4n) is 2.95. The van der Waals surface area contributed by atoms with Crippen LogP contribution in [0.2, 0.25) is 0 Å². The van der Waals surface area contributed by atoms with Gasteiger partial charge in [0, 0.05) is 35.1 Å². The fourth-order valence-corrected chi connectivity index (χ4v) is 2.95. The smallest absolute Gasteiger partial charge is 0.153 e. The van der Waals surface area contributed by atoms with Crippen LogP contribution < -0.4 is 0 Å². The van der Waals surface area contributed by atoms with Gasteiger partial charge in [0.15, 0.2) is 5.65 Å². The molecular weight excluding hydrogens is 298 g/mol. The van der Waals surface area contributed by atoms with Crippen LogP contribution >= 0.6 is 0 Å². The summed E-state index contributed by atoms with van der Waals surface area (Å²) in [6.45, 7) is 0. The van der Waals surface area contributed by atoms with Crippen molar-refractivity contribution >= 4 is 16.7 Å². The standard InChI is InChI=1S/C19H13N5/c1-2-4-13(5-3-1)16-7-6-14-15(12-21-19(14)22-16)17-8-9-18-20-10-11-24(18)23-17/h1-12H,(H,21,22). The lowest BCUT2D eigenvalue weighted by molar-refractivity contribution is 0.943. The summed E-state index contributed by atoms with van der Waals surface area (Å²) in [5.74, 6) is 0. The van der Waals surface area contributed by atoms with Gasteiger partial charge >= 0.3 is 0 Å². The van der Waals surface area contributed by atoms with Crippen LogP contribution in [0.1, 0.15) is 0 Å². The molecule has 0 radical (unpaired) electrons. The van der Waals surface area contributed by atoms with Crippen LogP contribution in [0.25, 0.3) is 39.2 Å². The highest BCUT2D eigenvalue weighted by atomic mass is 15.2. The molecule has 4 heterocycles. The molecule has 0 spiro atoms. The lowest BCUT2D eigenvalue weighted by Gasteiger charge is -2.02. The number of rotatable bonds is 2. The van der Waals surface area contributed by atoms with Crippen LogP contribution in [0.4, 0.5) is 0 Å². The quantitative estimate of drug-likeness (QED) is 0.537. The van der Waals surface area contributed by atoms with Gasteiger partial charge in [-0.05, 0) is 24.3 Å². The van der Waals surface area contributed by atoms with Crippen molar-refractivity contribution in [2.24, 2.45) is 0 Å². The van der Waals surface area contributed by atoms with Gasteiger partial charge in [0.25, 0.3) is 0 Å². The molecule has 5 aromatic rings. The molecule has 114 valence electrons. The molecule has 0 saturated carbocycles. The molecule has 5 heteroatoms. The predicted molar refractivity (Wildman–Crippen MR) is 93.5 cm³/mol. The second-order valence-electron chi connectivity index (χ2n) is 5.61. The minimum absolute atomic E-state index is 0.836. The van der Waals surface area contributed by atoms with Crippen molar-refractivity contribution in [1.29, 1.82) is 0 Å². The first-order valence-electron chi connectivity index (χ1n) is 7.73. The lowest BCUT2D eigenvalue weighted by Crippen LogP contribution is -1.92. The van der Waals surface area contributed by atoms with E-state index in [-0.39, 0.29) is 0 Å². The van der Waals surface area contributed by atoms with E-state index in [0.717, 1.165) is 39.2 Å². The molecule has 0 bridgehead atoms. The number of aromatic nitrogens is 5. The number of aromatic amines is 1. The molecule has 0 atom stereocenters. The maximum absolute atomic E-state index is 4.74. The van der Waals surface area contributed by atoms with Crippen LogP contribution in [0.15, 0.2) is 73.2 Å². The van der Waals surface area contributed by atoms with E-state index in [4.69, 9.17) is 4.98 Å². The van der Waals surface area contributed by atoms with Gasteiger partial charge in [0.1, 0.15) is 5.65 Å². The summed E-state index contributed by atoms with van der Waals surface area (Å²) in [5.41, 5.74) is 5.68. The third kappa shape index (κ3) is 1.99. The molecule has 4 aromatic heterocycles. The average molecular weight is 311 g/mol. The number of hydrogen-bond acceptors (Lipinski definition) is 3. The SMILES string of the molecule is c1ccc(-c2ccc3c(-c4ccc5nccn5n4)c[nH]c3n2)cc1. The highest BCUT2D eigenvalue weighted by Gasteiger charge is 2.10. The van der Waals surface area contributed by atoms with E-state index in [2.05, 4.69) is 33.3 Å². The Bertz CT molecular complexity index is 1150. The van der Waals surface area contributed by atoms with E-state index in [1.165, 1.54) is 0 Å². The van der Waals surface area contributed by atoms with Crippen LogP contribution in [-0.4, -0.2) is 24.6 Å². The number of imidazole rings is 1. The summed E-state index contributed by atoms with van der Waals surface area (Å²) in [7, 11) is 0. The number of benzene rings is 1. The van der Waals surface area contributed by atoms with E-state index in [9.17, 15) is 0 Å².